The molecule has 2 nitrogen and oxygen atoms in total. The fourth-order valence-electron chi connectivity index (χ4n) is 3.05. The first-order chi connectivity index (χ1) is 12.1. The van der Waals surface area contributed by atoms with Gasteiger partial charge in [-0.1, -0.05) is 6.07 Å². The largest absolute Gasteiger partial charge is 0.380 e. The predicted octanol–water partition coefficient (Wildman–Crippen LogP) is 4.91. The van der Waals surface area contributed by atoms with Crippen molar-refractivity contribution in [3.63, 3.8) is 0 Å². The normalized spacial score (nSPS) is 11.1. The molecule has 0 radical (unpaired) electrons. The van der Waals surface area contributed by atoms with E-state index in [1.54, 1.807) is 20.3 Å². The second kappa shape index (κ2) is 10.1. The van der Waals surface area contributed by atoms with E-state index in [2.05, 4.69) is 39.9 Å². The van der Waals surface area contributed by atoms with Gasteiger partial charge in [0.25, 0.3) is 0 Å². The minimum Gasteiger partial charge on any atom is -0.380 e. The van der Waals surface area contributed by atoms with E-state index >= 15 is 0 Å². The highest BCUT2D eigenvalue weighted by atomic mass is 31.0. The molecule has 3 atom stereocenters. The molecule has 0 bridgehead atoms. The molecule has 0 saturated heterocycles. The summed E-state index contributed by atoms with van der Waals surface area (Å²) in [6, 6.07) is 7.80. The predicted molar refractivity (Wildman–Crippen MR) is 114 cm³/mol. The summed E-state index contributed by atoms with van der Waals surface area (Å²) in [6.07, 6.45) is 2.30. The molecule has 0 amide bonds. The number of ether oxygens (including phenoxy) is 2. The lowest BCUT2D eigenvalue weighted by molar-refractivity contribution is 0.184. The van der Waals surface area contributed by atoms with Crippen molar-refractivity contribution in [1.82, 2.24) is 0 Å². The van der Waals surface area contributed by atoms with E-state index < -0.39 is 0 Å². The molecule has 0 fully saturated rings. The molecule has 136 valence electrons. The highest BCUT2D eigenvalue weighted by Gasteiger charge is 2.15. The van der Waals surface area contributed by atoms with Gasteiger partial charge in [-0.2, -0.15) is 0 Å². The molecule has 2 aromatic carbocycles. The van der Waals surface area contributed by atoms with Gasteiger partial charge in [-0.15, -0.1) is 27.7 Å². The number of hydrogen-bond acceptors (Lipinski definition) is 2. The van der Waals surface area contributed by atoms with Crippen molar-refractivity contribution in [2.45, 2.75) is 31.7 Å². The van der Waals surface area contributed by atoms with E-state index in [1.807, 2.05) is 6.07 Å². The van der Waals surface area contributed by atoms with E-state index in [-0.39, 0.29) is 5.82 Å². The fraction of sp³-hybridized carbons (Fsp3) is 0.368. The Morgan fingerprint density at radius 3 is 1.92 bits per heavy atom. The number of halogens is 1. The van der Waals surface area contributed by atoms with Crippen LogP contribution in [0.4, 0.5) is 4.39 Å². The van der Waals surface area contributed by atoms with Crippen LogP contribution in [0.5, 0.6) is 0 Å². The van der Waals surface area contributed by atoms with Gasteiger partial charge in [-0.05, 0) is 75.6 Å². The first-order valence-electron chi connectivity index (χ1n) is 8.13. The molecular weight excluding hydrogens is 372 g/mol. The van der Waals surface area contributed by atoms with Crippen LogP contribution >= 0.6 is 27.7 Å². The molecule has 0 aliphatic heterocycles. The zero-order valence-electron chi connectivity index (χ0n) is 14.8. The lowest BCUT2D eigenvalue weighted by atomic mass is 9.92. The van der Waals surface area contributed by atoms with Gasteiger partial charge in [0, 0.05) is 14.2 Å². The standard InChI is InChI=1S/C19H26FO2P3/c1-21-7-13-5-16(10-24)19(20)6-17(13)12-3-14(8-22-2)18(11-25)15(4-12)9-23/h3-6H,7-11,23-25H2,1-2H3. The van der Waals surface area contributed by atoms with Gasteiger partial charge in [0.05, 0.1) is 13.2 Å². The summed E-state index contributed by atoms with van der Waals surface area (Å²) in [4.78, 5) is 0. The maximum Gasteiger partial charge on any atom is 0.127 e. The molecular formula is C19H26FO2P3. The van der Waals surface area contributed by atoms with Gasteiger partial charge < -0.3 is 9.47 Å². The minimum atomic E-state index is -0.180. The fourth-order valence-corrected chi connectivity index (χ4v) is 4.25. The third kappa shape index (κ3) is 4.85. The Bertz CT molecular complexity index is 735. The quantitative estimate of drug-likeness (QED) is 0.589. The van der Waals surface area contributed by atoms with Crippen molar-refractivity contribution in [2.24, 2.45) is 0 Å². The van der Waals surface area contributed by atoms with Crippen molar-refractivity contribution in [3.8, 4) is 11.1 Å². The highest BCUT2D eigenvalue weighted by Crippen LogP contribution is 2.33. The number of hydrogen-bond donors (Lipinski definition) is 0. The molecule has 0 saturated carbocycles. The molecule has 0 spiro atoms. The Balaban J connectivity index is 2.68. The Morgan fingerprint density at radius 1 is 0.760 bits per heavy atom. The third-order valence-electron chi connectivity index (χ3n) is 4.26. The Labute approximate surface area is 156 Å². The monoisotopic (exact) mass is 398 g/mol. The maximum absolute atomic E-state index is 14.4. The Hall–Kier alpha value is -0.420. The number of benzene rings is 2. The first-order valence-corrected chi connectivity index (χ1v) is 10.6. The molecule has 0 aliphatic rings. The zero-order chi connectivity index (χ0) is 18.4. The van der Waals surface area contributed by atoms with E-state index in [0.29, 0.717) is 24.9 Å². The average Bonchev–Trinajstić information content (AvgIpc) is 2.62. The van der Waals surface area contributed by atoms with Crippen LogP contribution in [-0.4, -0.2) is 14.2 Å². The highest BCUT2D eigenvalue weighted by molar-refractivity contribution is 7.16. The summed E-state index contributed by atoms with van der Waals surface area (Å²) in [7, 11) is 11.5. The average molecular weight is 398 g/mol. The smallest absolute Gasteiger partial charge is 0.127 e. The number of rotatable bonds is 8. The van der Waals surface area contributed by atoms with Crippen LogP contribution in [0.2, 0.25) is 0 Å². The Kier molecular flexibility index (Phi) is 8.40. The Morgan fingerprint density at radius 2 is 1.36 bits per heavy atom. The molecule has 0 aliphatic carbocycles. The van der Waals surface area contributed by atoms with Gasteiger partial charge in [-0.3, -0.25) is 0 Å². The van der Waals surface area contributed by atoms with Crippen LogP contribution < -0.4 is 0 Å². The lowest BCUT2D eigenvalue weighted by Crippen LogP contribution is -2.02. The van der Waals surface area contributed by atoms with Crippen LogP contribution in [-0.2, 0) is 41.2 Å². The zero-order valence-corrected chi connectivity index (χ0v) is 18.2. The summed E-state index contributed by atoms with van der Waals surface area (Å²) in [5.41, 5.74) is 7.24. The van der Waals surface area contributed by atoms with E-state index in [9.17, 15) is 4.39 Å². The summed E-state index contributed by atoms with van der Waals surface area (Å²) in [5.74, 6) is -0.180. The molecule has 6 heteroatoms. The molecule has 0 aromatic heterocycles. The number of methoxy groups -OCH3 is 2. The molecule has 2 aromatic rings. The second-order valence-corrected chi connectivity index (χ2v) is 7.08. The lowest BCUT2D eigenvalue weighted by Gasteiger charge is -2.18. The van der Waals surface area contributed by atoms with Crippen LogP contribution in [0.1, 0.15) is 27.8 Å². The van der Waals surface area contributed by atoms with Crippen molar-refractivity contribution >= 4 is 27.7 Å². The van der Waals surface area contributed by atoms with Crippen LogP contribution in [0.15, 0.2) is 24.3 Å². The van der Waals surface area contributed by atoms with Crippen molar-refractivity contribution < 1.29 is 13.9 Å². The summed E-state index contributed by atoms with van der Waals surface area (Å²) in [6.45, 7) is 0.996. The van der Waals surface area contributed by atoms with Gasteiger partial charge in [0.15, 0.2) is 0 Å². The van der Waals surface area contributed by atoms with Gasteiger partial charge in [0.1, 0.15) is 5.82 Å². The summed E-state index contributed by atoms with van der Waals surface area (Å²) >= 11 is 0. The maximum atomic E-state index is 14.4. The molecule has 0 heterocycles. The van der Waals surface area contributed by atoms with Crippen LogP contribution in [0.3, 0.4) is 0 Å². The SMILES string of the molecule is COCc1cc(CP)c(F)cc1-c1cc(CP)c(CP)c(COC)c1. The van der Waals surface area contributed by atoms with Gasteiger partial charge in [0.2, 0.25) is 0 Å². The topological polar surface area (TPSA) is 18.5 Å². The van der Waals surface area contributed by atoms with E-state index in [0.717, 1.165) is 34.6 Å². The van der Waals surface area contributed by atoms with Crippen LogP contribution in [0, 0.1) is 5.82 Å². The van der Waals surface area contributed by atoms with Crippen LogP contribution in [0.25, 0.3) is 11.1 Å². The summed E-state index contributed by atoms with van der Waals surface area (Å²) in [5, 5.41) is 0. The second-order valence-electron chi connectivity index (χ2n) is 5.85. The molecule has 3 unspecified atom stereocenters. The van der Waals surface area contributed by atoms with Gasteiger partial charge in [-0.25, -0.2) is 4.39 Å². The molecule has 25 heavy (non-hydrogen) atoms. The molecule has 2 rings (SSSR count). The minimum absolute atomic E-state index is 0.180. The van der Waals surface area contributed by atoms with Crippen molar-refractivity contribution in [1.29, 1.82) is 0 Å². The van der Waals surface area contributed by atoms with E-state index in [1.165, 1.54) is 11.1 Å². The van der Waals surface area contributed by atoms with Gasteiger partial charge >= 0.3 is 0 Å². The first kappa shape index (κ1) is 20.9. The van der Waals surface area contributed by atoms with E-state index in [4.69, 9.17) is 9.47 Å². The summed E-state index contributed by atoms with van der Waals surface area (Å²) < 4.78 is 25.2. The van der Waals surface area contributed by atoms with Crippen molar-refractivity contribution in [3.05, 3.63) is 57.9 Å². The van der Waals surface area contributed by atoms with Crippen molar-refractivity contribution in [2.75, 3.05) is 14.2 Å². The molecule has 0 N–H and O–H groups in total. The third-order valence-corrected chi connectivity index (χ3v) is 5.55.